The summed E-state index contributed by atoms with van der Waals surface area (Å²) in [4.78, 5) is 25.6. The fourth-order valence-electron chi connectivity index (χ4n) is 2.94. The van der Waals surface area contributed by atoms with E-state index in [-0.39, 0.29) is 11.5 Å². The normalized spacial score (nSPS) is 14.4. The number of morpholine rings is 1. The Kier molecular flexibility index (Phi) is 7.00. The van der Waals surface area contributed by atoms with Crippen molar-refractivity contribution in [3.8, 4) is 5.75 Å². The Hall–Kier alpha value is -2.90. The van der Waals surface area contributed by atoms with Crippen molar-refractivity contribution in [3.05, 3.63) is 65.2 Å². The van der Waals surface area contributed by atoms with Gasteiger partial charge < -0.3 is 19.9 Å². The van der Waals surface area contributed by atoms with Crippen LogP contribution in [0.5, 0.6) is 5.75 Å². The summed E-state index contributed by atoms with van der Waals surface area (Å²) in [5.74, 6) is -0.619. The Labute approximate surface area is 163 Å². The largest absolute Gasteiger partial charge is 0.492 e. The van der Waals surface area contributed by atoms with Crippen LogP contribution in [0.1, 0.15) is 26.3 Å². The van der Waals surface area contributed by atoms with Crippen molar-refractivity contribution in [2.24, 2.45) is 0 Å². The average Bonchev–Trinajstić information content (AvgIpc) is 2.73. The van der Waals surface area contributed by atoms with Crippen LogP contribution >= 0.6 is 0 Å². The lowest BCUT2D eigenvalue weighted by Gasteiger charge is -2.26. The second-order valence-electron chi connectivity index (χ2n) is 6.52. The van der Waals surface area contributed by atoms with Crippen LogP contribution in [-0.4, -0.2) is 61.3 Å². The van der Waals surface area contributed by atoms with Crippen molar-refractivity contribution in [1.29, 1.82) is 0 Å². The first-order chi connectivity index (χ1) is 13.6. The summed E-state index contributed by atoms with van der Waals surface area (Å²) >= 11 is 0. The van der Waals surface area contributed by atoms with E-state index in [2.05, 4.69) is 10.2 Å². The van der Waals surface area contributed by atoms with E-state index in [4.69, 9.17) is 14.6 Å². The van der Waals surface area contributed by atoms with Crippen LogP contribution in [-0.2, 0) is 11.3 Å². The van der Waals surface area contributed by atoms with E-state index < -0.39 is 5.97 Å². The van der Waals surface area contributed by atoms with Crippen molar-refractivity contribution >= 4 is 11.9 Å². The van der Waals surface area contributed by atoms with Gasteiger partial charge in [0.25, 0.3) is 5.91 Å². The van der Waals surface area contributed by atoms with Crippen molar-refractivity contribution in [2.75, 3.05) is 39.5 Å². The SMILES string of the molecule is O=C(O)c1cccc(C(=O)NCc2cccc(OCCN3CCOCC3)c2)c1. The van der Waals surface area contributed by atoms with Crippen LogP contribution in [0.2, 0.25) is 0 Å². The zero-order valence-electron chi connectivity index (χ0n) is 15.6. The predicted octanol–water partition coefficient (Wildman–Crippen LogP) is 2.03. The first-order valence-electron chi connectivity index (χ1n) is 9.25. The molecule has 1 amide bonds. The number of hydrogen-bond donors (Lipinski definition) is 2. The molecular weight excluding hydrogens is 360 g/mol. The molecule has 0 saturated carbocycles. The quantitative estimate of drug-likeness (QED) is 0.724. The lowest BCUT2D eigenvalue weighted by molar-refractivity contribution is 0.0322. The highest BCUT2D eigenvalue weighted by molar-refractivity contribution is 5.97. The summed E-state index contributed by atoms with van der Waals surface area (Å²) in [5.41, 5.74) is 1.31. The molecule has 1 saturated heterocycles. The first-order valence-corrected chi connectivity index (χ1v) is 9.25. The molecule has 0 unspecified atom stereocenters. The molecule has 148 valence electrons. The number of aromatic carboxylic acids is 1. The highest BCUT2D eigenvalue weighted by Crippen LogP contribution is 2.14. The molecule has 2 aromatic rings. The number of carbonyl (C=O) groups excluding carboxylic acids is 1. The van der Waals surface area contributed by atoms with Gasteiger partial charge in [-0.25, -0.2) is 4.79 Å². The molecule has 0 spiro atoms. The lowest BCUT2D eigenvalue weighted by Crippen LogP contribution is -2.38. The van der Waals surface area contributed by atoms with Gasteiger partial charge in [0.1, 0.15) is 12.4 Å². The summed E-state index contributed by atoms with van der Waals surface area (Å²) in [7, 11) is 0. The van der Waals surface area contributed by atoms with Crippen molar-refractivity contribution in [2.45, 2.75) is 6.54 Å². The van der Waals surface area contributed by atoms with Gasteiger partial charge in [0.2, 0.25) is 0 Å². The molecule has 28 heavy (non-hydrogen) atoms. The highest BCUT2D eigenvalue weighted by Gasteiger charge is 2.11. The number of hydrogen-bond acceptors (Lipinski definition) is 5. The Morgan fingerprint density at radius 3 is 2.61 bits per heavy atom. The van der Waals surface area contributed by atoms with Gasteiger partial charge in [-0.3, -0.25) is 9.69 Å². The summed E-state index contributed by atoms with van der Waals surface area (Å²) in [6.45, 7) is 5.17. The monoisotopic (exact) mass is 384 g/mol. The Balaban J connectivity index is 1.49. The third-order valence-electron chi connectivity index (χ3n) is 4.50. The molecule has 0 atom stereocenters. The molecule has 0 radical (unpaired) electrons. The zero-order chi connectivity index (χ0) is 19.8. The van der Waals surface area contributed by atoms with Gasteiger partial charge in [0, 0.05) is 31.7 Å². The maximum atomic E-state index is 12.3. The van der Waals surface area contributed by atoms with E-state index in [1.54, 1.807) is 12.1 Å². The molecule has 1 fully saturated rings. The molecule has 7 nitrogen and oxygen atoms in total. The van der Waals surface area contributed by atoms with Gasteiger partial charge in [0.05, 0.1) is 18.8 Å². The summed E-state index contributed by atoms with van der Waals surface area (Å²) in [6, 6.07) is 13.5. The van der Waals surface area contributed by atoms with Crippen molar-refractivity contribution in [1.82, 2.24) is 10.2 Å². The molecule has 1 aliphatic heterocycles. The van der Waals surface area contributed by atoms with Crippen LogP contribution in [0.3, 0.4) is 0 Å². The second kappa shape index (κ2) is 9.87. The lowest BCUT2D eigenvalue weighted by atomic mass is 10.1. The third-order valence-corrected chi connectivity index (χ3v) is 4.50. The topological polar surface area (TPSA) is 88.1 Å². The van der Waals surface area contributed by atoms with Crippen LogP contribution in [0.25, 0.3) is 0 Å². The minimum absolute atomic E-state index is 0.0864. The van der Waals surface area contributed by atoms with E-state index in [0.717, 1.165) is 44.2 Å². The maximum Gasteiger partial charge on any atom is 0.335 e. The molecule has 1 heterocycles. The maximum absolute atomic E-state index is 12.3. The standard InChI is InChI=1S/C21H24N2O5/c24-20(17-4-2-5-18(14-17)21(25)26)22-15-16-3-1-6-19(13-16)28-12-9-23-7-10-27-11-8-23/h1-6,13-14H,7-12,15H2,(H,22,24)(H,25,26). The number of carbonyl (C=O) groups is 2. The number of ether oxygens (including phenoxy) is 2. The van der Waals surface area contributed by atoms with Crippen molar-refractivity contribution in [3.63, 3.8) is 0 Å². The van der Waals surface area contributed by atoms with Crippen LogP contribution in [0, 0.1) is 0 Å². The first kappa shape index (κ1) is 19.9. The fraction of sp³-hybridized carbons (Fsp3) is 0.333. The number of carboxylic acids is 1. The average molecular weight is 384 g/mol. The Bertz CT molecular complexity index is 818. The van der Waals surface area contributed by atoms with E-state index in [9.17, 15) is 9.59 Å². The highest BCUT2D eigenvalue weighted by atomic mass is 16.5. The minimum atomic E-state index is -1.06. The third kappa shape index (κ3) is 5.80. The molecule has 2 N–H and O–H groups in total. The smallest absolute Gasteiger partial charge is 0.335 e. The Morgan fingerprint density at radius 2 is 1.82 bits per heavy atom. The number of amides is 1. The number of carboxylic acid groups (broad SMARTS) is 1. The zero-order valence-corrected chi connectivity index (χ0v) is 15.6. The van der Waals surface area contributed by atoms with Gasteiger partial charge in [-0.15, -0.1) is 0 Å². The molecule has 3 rings (SSSR count). The fourth-order valence-corrected chi connectivity index (χ4v) is 2.94. The summed E-state index contributed by atoms with van der Waals surface area (Å²) < 4.78 is 11.2. The molecule has 1 aliphatic rings. The summed E-state index contributed by atoms with van der Waals surface area (Å²) in [5, 5.41) is 11.8. The van der Waals surface area contributed by atoms with Gasteiger partial charge in [-0.2, -0.15) is 0 Å². The minimum Gasteiger partial charge on any atom is -0.492 e. The van der Waals surface area contributed by atoms with Gasteiger partial charge in [-0.1, -0.05) is 18.2 Å². The number of rotatable bonds is 8. The molecule has 0 aromatic heterocycles. The van der Waals surface area contributed by atoms with Crippen LogP contribution in [0.15, 0.2) is 48.5 Å². The number of benzene rings is 2. The molecule has 0 bridgehead atoms. The van der Waals surface area contributed by atoms with E-state index in [1.807, 2.05) is 24.3 Å². The number of nitrogens with zero attached hydrogens (tertiary/aromatic N) is 1. The molecular formula is C21H24N2O5. The van der Waals surface area contributed by atoms with Crippen molar-refractivity contribution < 1.29 is 24.2 Å². The molecule has 0 aliphatic carbocycles. The van der Waals surface area contributed by atoms with E-state index in [0.29, 0.717) is 18.7 Å². The van der Waals surface area contributed by atoms with Gasteiger partial charge in [-0.05, 0) is 35.9 Å². The van der Waals surface area contributed by atoms with Crippen LogP contribution in [0.4, 0.5) is 0 Å². The Morgan fingerprint density at radius 1 is 1.07 bits per heavy atom. The van der Waals surface area contributed by atoms with Crippen LogP contribution < -0.4 is 10.1 Å². The van der Waals surface area contributed by atoms with Gasteiger partial charge >= 0.3 is 5.97 Å². The van der Waals surface area contributed by atoms with Gasteiger partial charge in [0.15, 0.2) is 0 Å². The van der Waals surface area contributed by atoms with E-state index in [1.165, 1.54) is 12.1 Å². The van der Waals surface area contributed by atoms with E-state index >= 15 is 0 Å². The predicted molar refractivity (Wildman–Crippen MR) is 104 cm³/mol. The number of nitrogens with one attached hydrogen (secondary N) is 1. The molecule has 2 aromatic carbocycles. The molecule has 7 heteroatoms. The summed E-state index contributed by atoms with van der Waals surface area (Å²) in [6.07, 6.45) is 0. The second-order valence-corrected chi connectivity index (χ2v) is 6.52.